The van der Waals surface area contributed by atoms with E-state index in [9.17, 15) is 9.59 Å². The number of carbonyl (C=O) groups excluding carboxylic acids is 2. The Bertz CT molecular complexity index is 825. The molecule has 0 saturated heterocycles. The molecule has 2 aromatic rings. The zero-order chi connectivity index (χ0) is 20.0. The van der Waals surface area contributed by atoms with Crippen LogP contribution in [-0.2, 0) is 9.59 Å². The van der Waals surface area contributed by atoms with Crippen LogP contribution < -0.4 is 10.6 Å². The SMILES string of the molecule is Cc1cccc(NC(=O)CSc2cccc(NC(=O)CC(C)(C)C)c2)c1C. The molecule has 2 amide bonds. The van der Waals surface area contributed by atoms with Crippen LogP contribution in [0.2, 0.25) is 0 Å². The van der Waals surface area contributed by atoms with Gasteiger partial charge in [0, 0.05) is 22.7 Å². The number of amides is 2. The fourth-order valence-electron chi connectivity index (χ4n) is 2.57. The number of carbonyl (C=O) groups is 2. The zero-order valence-corrected chi connectivity index (χ0v) is 17.5. The highest BCUT2D eigenvalue weighted by Gasteiger charge is 2.16. The molecule has 4 nitrogen and oxygen atoms in total. The van der Waals surface area contributed by atoms with E-state index in [1.807, 2.05) is 77.1 Å². The molecule has 0 aliphatic heterocycles. The summed E-state index contributed by atoms with van der Waals surface area (Å²) in [4.78, 5) is 25.3. The van der Waals surface area contributed by atoms with Crippen molar-refractivity contribution in [2.24, 2.45) is 5.41 Å². The van der Waals surface area contributed by atoms with Crippen LogP contribution in [0.1, 0.15) is 38.3 Å². The van der Waals surface area contributed by atoms with Gasteiger partial charge in [0.15, 0.2) is 0 Å². The van der Waals surface area contributed by atoms with Crippen molar-refractivity contribution in [3.05, 3.63) is 53.6 Å². The third-order valence-corrected chi connectivity index (χ3v) is 5.05. The van der Waals surface area contributed by atoms with Crippen LogP contribution in [0, 0.1) is 19.3 Å². The number of aryl methyl sites for hydroxylation is 1. The summed E-state index contributed by atoms with van der Waals surface area (Å²) in [5.41, 5.74) is 3.79. The Morgan fingerprint density at radius 3 is 2.37 bits per heavy atom. The molecule has 2 N–H and O–H groups in total. The molecule has 0 spiro atoms. The molecular formula is C22H28N2O2S. The van der Waals surface area contributed by atoms with E-state index in [0.29, 0.717) is 12.2 Å². The fourth-order valence-corrected chi connectivity index (χ4v) is 3.33. The summed E-state index contributed by atoms with van der Waals surface area (Å²) in [5.74, 6) is 0.264. The summed E-state index contributed by atoms with van der Waals surface area (Å²) in [6, 6.07) is 13.5. The van der Waals surface area contributed by atoms with Crippen molar-refractivity contribution in [1.82, 2.24) is 0 Å². The molecule has 0 aromatic heterocycles. The maximum Gasteiger partial charge on any atom is 0.234 e. The number of anilines is 2. The van der Waals surface area contributed by atoms with Crippen LogP contribution in [0.15, 0.2) is 47.4 Å². The average molecular weight is 385 g/mol. The van der Waals surface area contributed by atoms with E-state index >= 15 is 0 Å². The van der Waals surface area contributed by atoms with Gasteiger partial charge in [0.1, 0.15) is 0 Å². The van der Waals surface area contributed by atoms with Gasteiger partial charge in [-0.1, -0.05) is 39.0 Å². The van der Waals surface area contributed by atoms with E-state index in [-0.39, 0.29) is 17.2 Å². The Balaban J connectivity index is 1.91. The minimum Gasteiger partial charge on any atom is -0.326 e. The van der Waals surface area contributed by atoms with E-state index in [0.717, 1.165) is 27.4 Å². The highest BCUT2D eigenvalue weighted by atomic mass is 32.2. The van der Waals surface area contributed by atoms with Gasteiger partial charge in [-0.05, 0) is 54.7 Å². The minimum atomic E-state index is -0.0531. The largest absolute Gasteiger partial charge is 0.326 e. The van der Waals surface area contributed by atoms with Crippen molar-refractivity contribution in [2.45, 2.75) is 45.9 Å². The summed E-state index contributed by atoms with van der Waals surface area (Å²) < 4.78 is 0. The van der Waals surface area contributed by atoms with Crippen molar-refractivity contribution < 1.29 is 9.59 Å². The predicted molar refractivity (Wildman–Crippen MR) is 114 cm³/mol. The number of nitrogens with one attached hydrogen (secondary N) is 2. The first-order chi connectivity index (χ1) is 12.6. The Labute approximate surface area is 166 Å². The molecule has 0 atom stereocenters. The lowest BCUT2D eigenvalue weighted by molar-refractivity contribution is -0.118. The van der Waals surface area contributed by atoms with Gasteiger partial charge < -0.3 is 10.6 Å². The first-order valence-electron chi connectivity index (χ1n) is 9.03. The van der Waals surface area contributed by atoms with Crippen LogP contribution in [-0.4, -0.2) is 17.6 Å². The number of benzene rings is 2. The second-order valence-corrected chi connectivity index (χ2v) is 8.95. The Morgan fingerprint density at radius 1 is 0.963 bits per heavy atom. The molecular weight excluding hydrogens is 356 g/mol. The topological polar surface area (TPSA) is 58.2 Å². The molecule has 27 heavy (non-hydrogen) atoms. The molecule has 0 unspecified atom stereocenters. The van der Waals surface area contributed by atoms with Crippen molar-refractivity contribution in [1.29, 1.82) is 0 Å². The number of thioether (sulfide) groups is 1. The first kappa shape index (κ1) is 21.0. The number of rotatable bonds is 6. The maximum atomic E-state index is 12.3. The van der Waals surface area contributed by atoms with Crippen LogP contribution in [0.25, 0.3) is 0 Å². The van der Waals surface area contributed by atoms with Gasteiger partial charge in [0.05, 0.1) is 5.75 Å². The molecule has 0 aliphatic carbocycles. The standard InChI is InChI=1S/C22H28N2O2S/c1-15-8-6-11-19(16(15)2)24-21(26)14-27-18-10-7-9-17(12-18)23-20(25)13-22(3,4)5/h6-12H,13-14H2,1-5H3,(H,23,25)(H,24,26). The molecule has 0 bridgehead atoms. The van der Waals surface area contributed by atoms with Gasteiger partial charge in [-0.25, -0.2) is 0 Å². The van der Waals surface area contributed by atoms with Crippen molar-refractivity contribution >= 4 is 35.0 Å². The van der Waals surface area contributed by atoms with Crippen LogP contribution in [0.3, 0.4) is 0 Å². The van der Waals surface area contributed by atoms with E-state index < -0.39 is 0 Å². The van der Waals surface area contributed by atoms with Gasteiger partial charge in [0.2, 0.25) is 11.8 Å². The van der Waals surface area contributed by atoms with E-state index in [1.54, 1.807) is 0 Å². The average Bonchev–Trinajstić information content (AvgIpc) is 2.56. The minimum absolute atomic E-state index is 0.00249. The molecule has 144 valence electrons. The normalized spacial score (nSPS) is 11.1. The number of hydrogen-bond donors (Lipinski definition) is 2. The Kier molecular flexibility index (Phi) is 7.08. The van der Waals surface area contributed by atoms with Crippen LogP contribution >= 0.6 is 11.8 Å². The first-order valence-corrected chi connectivity index (χ1v) is 10.0. The summed E-state index contributed by atoms with van der Waals surface area (Å²) in [6.45, 7) is 10.1. The maximum absolute atomic E-state index is 12.3. The van der Waals surface area contributed by atoms with Crippen LogP contribution in [0.5, 0.6) is 0 Å². The lowest BCUT2D eigenvalue weighted by Gasteiger charge is -2.17. The summed E-state index contributed by atoms with van der Waals surface area (Å²) in [7, 11) is 0. The third-order valence-electron chi connectivity index (χ3n) is 4.06. The smallest absolute Gasteiger partial charge is 0.234 e. The fraction of sp³-hybridized carbons (Fsp3) is 0.364. The Morgan fingerprint density at radius 2 is 1.67 bits per heavy atom. The number of hydrogen-bond acceptors (Lipinski definition) is 3. The van der Waals surface area contributed by atoms with Gasteiger partial charge in [-0.3, -0.25) is 9.59 Å². The lowest BCUT2D eigenvalue weighted by atomic mass is 9.92. The van der Waals surface area contributed by atoms with Crippen molar-refractivity contribution in [2.75, 3.05) is 16.4 Å². The molecule has 0 aliphatic rings. The summed E-state index contributed by atoms with van der Waals surface area (Å²) in [6.07, 6.45) is 0.461. The summed E-state index contributed by atoms with van der Waals surface area (Å²) in [5, 5.41) is 5.89. The zero-order valence-electron chi connectivity index (χ0n) is 16.7. The molecule has 0 saturated carbocycles. The molecule has 2 rings (SSSR count). The Hall–Kier alpha value is -2.27. The molecule has 5 heteroatoms. The van der Waals surface area contributed by atoms with Gasteiger partial charge in [0.25, 0.3) is 0 Å². The second kappa shape index (κ2) is 9.09. The predicted octanol–water partition coefficient (Wildman–Crippen LogP) is 5.41. The quantitative estimate of drug-likeness (QED) is 0.655. The van der Waals surface area contributed by atoms with E-state index in [1.165, 1.54) is 11.8 Å². The lowest BCUT2D eigenvalue weighted by Crippen LogP contribution is -2.19. The van der Waals surface area contributed by atoms with Crippen molar-refractivity contribution in [3.8, 4) is 0 Å². The van der Waals surface area contributed by atoms with E-state index in [4.69, 9.17) is 0 Å². The van der Waals surface area contributed by atoms with Crippen LogP contribution in [0.4, 0.5) is 11.4 Å². The third kappa shape index (κ3) is 7.10. The van der Waals surface area contributed by atoms with E-state index in [2.05, 4.69) is 10.6 Å². The van der Waals surface area contributed by atoms with Gasteiger partial charge >= 0.3 is 0 Å². The second-order valence-electron chi connectivity index (χ2n) is 7.90. The molecule has 2 aromatic carbocycles. The highest BCUT2D eigenvalue weighted by molar-refractivity contribution is 8.00. The van der Waals surface area contributed by atoms with Gasteiger partial charge in [-0.15, -0.1) is 11.8 Å². The molecule has 0 radical (unpaired) electrons. The van der Waals surface area contributed by atoms with Crippen molar-refractivity contribution in [3.63, 3.8) is 0 Å². The molecule has 0 fully saturated rings. The monoisotopic (exact) mass is 384 g/mol. The van der Waals surface area contributed by atoms with Gasteiger partial charge in [-0.2, -0.15) is 0 Å². The summed E-state index contributed by atoms with van der Waals surface area (Å²) >= 11 is 1.45. The highest BCUT2D eigenvalue weighted by Crippen LogP contribution is 2.24. The molecule has 0 heterocycles.